The SMILES string of the molecule is CCN1C/C(=C\c2ccc(C)cc2)c2nc3ccccc3c(C(=O)O)c2C1.Cl. The van der Waals surface area contributed by atoms with Crippen LogP contribution in [-0.2, 0) is 6.54 Å². The Hall–Kier alpha value is -2.69. The third kappa shape index (κ3) is 3.66. The molecule has 0 spiro atoms. The Morgan fingerprint density at radius 1 is 1.14 bits per heavy atom. The van der Waals surface area contributed by atoms with E-state index in [1.807, 2.05) is 24.3 Å². The number of rotatable bonds is 3. The number of benzene rings is 2. The molecule has 1 N–H and O–H groups in total. The van der Waals surface area contributed by atoms with Crippen LogP contribution in [0.4, 0.5) is 0 Å². The van der Waals surface area contributed by atoms with Crippen molar-refractivity contribution in [1.29, 1.82) is 0 Å². The van der Waals surface area contributed by atoms with Crippen LogP contribution in [0.2, 0.25) is 0 Å². The second kappa shape index (κ2) is 8.13. The van der Waals surface area contributed by atoms with Gasteiger partial charge in [0.2, 0.25) is 0 Å². The summed E-state index contributed by atoms with van der Waals surface area (Å²) in [6.07, 6.45) is 2.13. The van der Waals surface area contributed by atoms with Gasteiger partial charge in [-0.2, -0.15) is 0 Å². The van der Waals surface area contributed by atoms with Crippen molar-refractivity contribution >= 4 is 40.9 Å². The molecule has 3 aromatic rings. The summed E-state index contributed by atoms with van der Waals surface area (Å²) in [5.74, 6) is -0.891. The average molecular weight is 395 g/mol. The first-order valence-electron chi connectivity index (χ1n) is 9.21. The number of aromatic nitrogens is 1. The monoisotopic (exact) mass is 394 g/mol. The average Bonchev–Trinajstić information content (AvgIpc) is 2.67. The van der Waals surface area contributed by atoms with Crippen molar-refractivity contribution in [2.45, 2.75) is 20.4 Å². The van der Waals surface area contributed by atoms with E-state index < -0.39 is 5.97 Å². The summed E-state index contributed by atoms with van der Waals surface area (Å²) in [5.41, 5.74) is 6.12. The maximum absolute atomic E-state index is 12.1. The van der Waals surface area contributed by atoms with Gasteiger partial charge in [0, 0.05) is 24.0 Å². The number of pyridine rings is 1. The van der Waals surface area contributed by atoms with Crippen LogP contribution in [-0.4, -0.2) is 34.0 Å². The Bertz CT molecular complexity index is 1060. The Kier molecular flexibility index (Phi) is 5.82. The van der Waals surface area contributed by atoms with Crippen molar-refractivity contribution in [1.82, 2.24) is 9.88 Å². The van der Waals surface area contributed by atoms with Crippen molar-refractivity contribution in [2.75, 3.05) is 13.1 Å². The number of para-hydroxylation sites is 1. The molecular formula is C23H23ClN2O2. The van der Waals surface area contributed by atoms with Gasteiger partial charge in [0.05, 0.1) is 16.8 Å². The lowest BCUT2D eigenvalue weighted by Gasteiger charge is -2.30. The van der Waals surface area contributed by atoms with Gasteiger partial charge in [0.15, 0.2) is 0 Å². The Morgan fingerprint density at radius 2 is 1.86 bits per heavy atom. The van der Waals surface area contributed by atoms with Gasteiger partial charge in [0.25, 0.3) is 0 Å². The van der Waals surface area contributed by atoms with E-state index >= 15 is 0 Å². The highest BCUT2D eigenvalue weighted by Crippen LogP contribution is 2.33. The summed E-state index contributed by atoms with van der Waals surface area (Å²) in [5, 5.41) is 10.6. The van der Waals surface area contributed by atoms with Gasteiger partial charge in [-0.3, -0.25) is 4.90 Å². The van der Waals surface area contributed by atoms with Crippen molar-refractivity contribution in [3.63, 3.8) is 0 Å². The van der Waals surface area contributed by atoms with Gasteiger partial charge >= 0.3 is 5.97 Å². The molecule has 0 amide bonds. The minimum absolute atomic E-state index is 0. The topological polar surface area (TPSA) is 53.4 Å². The summed E-state index contributed by atoms with van der Waals surface area (Å²) < 4.78 is 0. The molecule has 4 nitrogen and oxygen atoms in total. The lowest BCUT2D eigenvalue weighted by atomic mass is 9.92. The molecule has 0 bridgehead atoms. The van der Waals surface area contributed by atoms with Crippen LogP contribution in [0, 0.1) is 6.92 Å². The Labute approximate surface area is 170 Å². The van der Waals surface area contributed by atoms with Crippen LogP contribution >= 0.6 is 12.4 Å². The molecule has 0 radical (unpaired) electrons. The number of hydrogen-bond donors (Lipinski definition) is 1. The van der Waals surface area contributed by atoms with Crippen molar-refractivity contribution in [3.8, 4) is 0 Å². The fraction of sp³-hybridized carbons (Fsp3) is 0.217. The largest absolute Gasteiger partial charge is 0.478 e. The molecule has 0 saturated carbocycles. The predicted octanol–water partition coefficient (Wildman–Crippen LogP) is 5.04. The van der Waals surface area contributed by atoms with Gasteiger partial charge in [-0.15, -0.1) is 12.4 Å². The first-order valence-corrected chi connectivity index (χ1v) is 9.21. The minimum atomic E-state index is -0.891. The van der Waals surface area contributed by atoms with Gasteiger partial charge in [-0.05, 0) is 36.7 Å². The summed E-state index contributed by atoms with van der Waals surface area (Å²) in [7, 11) is 0. The van der Waals surface area contributed by atoms with Crippen LogP contribution < -0.4 is 0 Å². The number of likely N-dealkylation sites (N-methyl/N-ethyl adjacent to an activating group) is 1. The fourth-order valence-electron chi connectivity index (χ4n) is 3.71. The van der Waals surface area contributed by atoms with E-state index in [0.717, 1.165) is 41.0 Å². The Balaban J connectivity index is 0.00000225. The molecule has 2 aromatic carbocycles. The number of halogens is 1. The highest BCUT2D eigenvalue weighted by Gasteiger charge is 2.27. The van der Waals surface area contributed by atoms with Gasteiger partial charge in [0.1, 0.15) is 0 Å². The number of carboxylic acids is 1. The molecular weight excluding hydrogens is 372 g/mol. The maximum Gasteiger partial charge on any atom is 0.336 e. The molecule has 0 unspecified atom stereocenters. The molecule has 28 heavy (non-hydrogen) atoms. The second-order valence-corrected chi connectivity index (χ2v) is 7.02. The molecule has 2 heterocycles. The normalized spacial score (nSPS) is 15.3. The van der Waals surface area contributed by atoms with E-state index in [0.29, 0.717) is 17.5 Å². The number of fused-ring (bicyclic) bond motifs is 2. The molecule has 0 atom stereocenters. The molecule has 0 saturated heterocycles. The zero-order chi connectivity index (χ0) is 19.0. The molecule has 1 aliphatic heterocycles. The molecule has 5 heteroatoms. The third-order valence-electron chi connectivity index (χ3n) is 5.15. The quantitative estimate of drug-likeness (QED) is 0.676. The van der Waals surface area contributed by atoms with Crippen LogP contribution in [0.25, 0.3) is 22.6 Å². The molecule has 1 aliphatic rings. The number of nitrogens with zero attached hydrogens (tertiary/aromatic N) is 2. The molecule has 1 aromatic heterocycles. The number of carbonyl (C=O) groups is 1. The number of aromatic carboxylic acids is 1. The Morgan fingerprint density at radius 3 is 2.54 bits per heavy atom. The number of aryl methyl sites for hydroxylation is 1. The lowest BCUT2D eigenvalue weighted by molar-refractivity contribution is 0.0696. The van der Waals surface area contributed by atoms with E-state index in [1.165, 1.54) is 5.56 Å². The highest BCUT2D eigenvalue weighted by molar-refractivity contribution is 6.06. The van der Waals surface area contributed by atoms with E-state index in [9.17, 15) is 9.90 Å². The van der Waals surface area contributed by atoms with E-state index in [1.54, 1.807) is 0 Å². The van der Waals surface area contributed by atoms with Gasteiger partial charge in [-0.25, -0.2) is 9.78 Å². The maximum atomic E-state index is 12.1. The highest BCUT2D eigenvalue weighted by atomic mass is 35.5. The van der Waals surface area contributed by atoms with Crippen LogP contribution in [0.1, 0.15) is 39.7 Å². The first-order chi connectivity index (χ1) is 13.1. The van der Waals surface area contributed by atoms with Crippen LogP contribution in [0.3, 0.4) is 0 Å². The lowest BCUT2D eigenvalue weighted by Crippen LogP contribution is -2.31. The van der Waals surface area contributed by atoms with Crippen molar-refractivity contribution in [2.24, 2.45) is 0 Å². The summed E-state index contributed by atoms with van der Waals surface area (Å²) in [6.45, 7) is 6.40. The third-order valence-corrected chi connectivity index (χ3v) is 5.15. The molecule has 144 valence electrons. The zero-order valence-corrected chi connectivity index (χ0v) is 16.8. The second-order valence-electron chi connectivity index (χ2n) is 7.02. The smallest absolute Gasteiger partial charge is 0.336 e. The predicted molar refractivity (Wildman–Crippen MR) is 116 cm³/mol. The molecule has 0 aliphatic carbocycles. The number of hydrogen-bond acceptors (Lipinski definition) is 3. The first kappa shape index (κ1) is 20.1. The summed E-state index contributed by atoms with van der Waals surface area (Å²) >= 11 is 0. The molecule has 0 fully saturated rings. The summed E-state index contributed by atoms with van der Waals surface area (Å²) in [4.78, 5) is 19.2. The van der Waals surface area contributed by atoms with Crippen LogP contribution in [0.5, 0.6) is 0 Å². The van der Waals surface area contributed by atoms with Crippen LogP contribution in [0.15, 0.2) is 48.5 Å². The molecule has 4 rings (SSSR count). The zero-order valence-electron chi connectivity index (χ0n) is 16.0. The van der Waals surface area contributed by atoms with E-state index in [2.05, 4.69) is 49.1 Å². The minimum Gasteiger partial charge on any atom is -0.478 e. The van der Waals surface area contributed by atoms with E-state index in [-0.39, 0.29) is 12.4 Å². The van der Waals surface area contributed by atoms with Crippen molar-refractivity contribution < 1.29 is 9.90 Å². The number of carboxylic acid groups (broad SMARTS) is 1. The van der Waals surface area contributed by atoms with Gasteiger partial charge < -0.3 is 5.11 Å². The van der Waals surface area contributed by atoms with Crippen molar-refractivity contribution in [3.05, 3.63) is 76.5 Å². The fourth-order valence-corrected chi connectivity index (χ4v) is 3.71. The standard InChI is InChI=1S/C23H22N2O2.ClH/c1-3-25-13-17(12-16-10-8-15(2)9-11-16)22-19(14-25)21(23(26)27)18-6-4-5-7-20(18)24-22;/h4-12H,3,13-14H2,1-2H3,(H,26,27);1H/b17-12+;. The van der Waals surface area contributed by atoms with Gasteiger partial charge in [-0.1, -0.05) is 55.0 Å². The summed E-state index contributed by atoms with van der Waals surface area (Å²) in [6, 6.07) is 15.9. The van der Waals surface area contributed by atoms with E-state index in [4.69, 9.17) is 4.98 Å².